The summed E-state index contributed by atoms with van der Waals surface area (Å²) in [5.74, 6) is 0.0319. The highest BCUT2D eigenvalue weighted by atomic mass is 16.5. The molecule has 3 aromatic carbocycles. The van der Waals surface area contributed by atoms with Crippen molar-refractivity contribution in [2.24, 2.45) is 5.92 Å². The zero-order valence-corrected chi connectivity index (χ0v) is 60.7. The van der Waals surface area contributed by atoms with Crippen LogP contribution >= 0.6 is 0 Å². The summed E-state index contributed by atoms with van der Waals surface area (Å²) in [6.07, 6.45) is 32.8. The van der Waals surface area contributed by atoms with Crippen molar-refractivity contribution in [2.75, 3.05) is 158 Å². The normalized spacial score (nSPS) is 17.8. The molecule has 4 aliphatic rings. The fraction of sp³-hybridized carbons (Fsp3) is 0.705. The second kappa shape index (κ2) is 56.8. The number of unbranched alkanes of at least 4 members (excludes halogenated alkanes) is 15. The first-order valence-corrected chi connectivity index (χ1v) is 36.6. The van der Waals surface area contributed by atoms with Gasteiger partial charge in [0.2, 0.25) is 0 Å². The number of para-hydroxylation sites is 1. The number of hydrogen-bond acceptors (Lipinski definition) is 14. The molecule has 92 heavy (non-hydrogen) atoms. The fourth-order valence-corrected chi connectivity index (χ4v) is 11.6. The summed E-state index contributed by atoms with van der Waals surface area (Å²) < 4.78 is 9.83. The van der Waals surface area contributed by atoms with Gasteiger partial charge in [-0.2, -0.15) is 0 Å². The largest absolute Gasteiger partial charge is 0.466 e. The molecule has 4 aliphatic heterocycles. The first-order chi connectivity index (χ1) is 44.7. The van der Waals surface area contributed by atoms with Gasteiger partial charge >= 0.3 is 11.9 Å². The van der Waals surface area contributed by atoms with Crippen molar-refractivity contribution >= 4 is 23.9 Å². The summed E-state index contributed by atoms with van der Waals surface area (Å²) >= 11 is 0. The Morgan fingerprint density at radius 2 is 0.859 bits per heavy atom. The second-order valence-electron chi connectivity index (χ2n) is 26.4. The van der Waals surface area contributed by atoms with E-state index < -0.39 is 0 Å². The molecule has 4 saturated heterocycles. The van der Waals surface area contributed by atoms with Crippen LogP contribution in [0.25, 0.3) is 0 Å². The molecule has 524 valence electrons. The van der Waals surface area contributed by atoms with Crippen LogP contribution in [0.2, 0.25) is 0 Å². The van der Waals surface area contributed by atoms with E-state index >= 15 is 0 Å². The lowest BCUT2D eigenvalue weighted by atomic mass is 9.98. The van der Waals surface area contributed by atoms with Crippen LogP contribution in [0.3, 0.4) is 0 Å². The zero-order valence-electron chi connectivity index (χ0n) is 60.7. The average Bonchev–Trinajstić information content (AvgIpc) is 2.64. The Kier molecular flexibility index (Phi) is 51.6. The minimum absolute atomic E-state index is 0.128. The van der Waals surface area contributed by atoms with E-state index in [0.29, 0.717) is 26.1 Å². The quantitative estimate of drug-likeness (QED) is 0.0265. The molecule has 3 aromatic rings. The maximum Gasteiger partial charge on any atom is 0.307 e. The van der Waals surface area contributed by atoms with E-state index in [-0.39, 0.29) is 17.9 Å². The van der Waals surface area contributed by atoms with E-state index in [0.717, 1.165) is 110 Å². The fourth-order valence-electron chi connectivity index (χ4n) is 11.6. The number of hydrogen-bond donors (Lipinski definition) is 1. The Morgan fingerprint density at radius 1 is 0.500 bits per heavy atom. The van der Waals surface area contributed by atoms with Crippen molar-refractivity contribution in [2.45, 2.75) is 202 Å². The van der Waals surface area contributed by atoms with Crippen molar-refractivity contribution in [3.63, 3.8) is 0 Å². The summed E-state index contributed by atoms with van der Waals surface area (Å²) in [6.45, 7) is 32.3. The van der Waals surface area contributed by atoms with Gasteiger partial charge < -0.3 is 49.0 Å². The summed E-state index contributed by atoms with van der Waals surface area (Å²) in [4.78, 5) is 52.0. The van der Waals surface area contributed by atoms with E-state index in [2.05, 4.69) is 178 Å². The number of esters is 2. The molecule has 0 saturated carbocycles. The SMILES string of the molecule is CC/C=C\CNCCCCCCCCCCCCCCCCCC.CC1CN(C)C(C)CN1C.CCOC(=O)CCN1CCN(CCC(=O)OCC)CC1.CN(C)C.O=CC1CCN(c2ccccc2)CC1.c1ccc(CN2CCN(Cc3ccccc3)CC2)cc1. The van der Waals surface area contributed by atoms with Gasteiger partial charge in [-0.15, -0.1) is 0 Å². The number of likely N-dealkylation sites (N-methyl/N-ethyl adjacent to an activating group) is 2. The van der Waals surface area contributed by atoms with Crippen molar-refractivity contribution in [1.82, 2.24) is 39.6 Å². The number of carbonyl (C=O) groups is 3. The van der Waals surface area contributed by atoms with E-state index in [1.54, 1.807) is 0 Å². The highest BCUT2D eigenvalue weighted by molar-refractivity contribution is 5.69. The highest BCUT2D eigenvalue weighted by Gasteiger charge is 2.24. The third-order valence-corrected chi connectivity index (χ3v) is 17.6. The van der Waals surface area contributed by atoms with E-state index in [1.165, 1.54) is 165 Å². The van der Waals surface area contributed by atoms with Gasteiger partial charge in [0.1, 0.15) is 6.29 Å². The number of piperidine rings is 1. The maximum atomic E-state index is 11.3. The van der Waals surface area contributed by atoms with Gasteiger partial charge in [0.15, 0.2) is 0 Å². The van der Waals surface area contributed by atoms with Gasteiger partial charge in [-0.1, -0.05) is 201 Å². The molecule has 2 unspecified atom stereocenters. The molecule has 0 spiro atoms. The Hall–Kier alpha value is -4.51. The first-order valence-electron chi connectivity index (χ1n) is 36.6. The molecule has 7 rings (SSSR count). The minimum Gasteiger partial charge on any atom is -0.466 e. The Balaban J connectivity index is 0.000000394. The van der Waals surface area contributed by atoms with Crippen molar-refractivity contribution in [3.05, 3.63) is 114 Å². The van der Waals surface area contributed by atoms with Crippen LogP contribution in [0.4, 0.5) is 5.69 Å². The van der Waals surface area contributed by atoms with Crippen LogP contribution in [0.1, 0.15) is 188 Å². The maximum absolute atomic E-state index is 11.3. The lowest BCUT2D eigenvalue weighted by Crippen LogP contribution is -2.53. The number of anilines is 1. The lowest BCUT2D eigenvalue weighted by molar-refractivity contribution is -0.144. The first kappa shape index (κ1) is 83.6. The molecule has 4 heterocycles. The van der Waals surface area contributed by atoms with E-state index in [4.69, 9.17) is 9.47 Å². The van der Waals surface area contributed by atoms with Crippen molar-refractivity contribution in [3.8, 4) is 0 Å². The van der Waals surface area contributed by atoms with E-state index in [1.807, 2.05) is 46.0 Å². The third kappa shape index (κ3) is 45.0. The standard InChI is InChI=1S/C23H47N.C18H22N2.C14H26N2O4.C12H15NO.C8H18N2.C3H9N/c1-3-5-7-8-9-10-11-12-13-14-15-16-17-18-19-21-23-24-22-20-6-4-2;1-3-7-17(8-4-1)15-19-11-13-20(14-12-19)16-18-9-5-2-6-10-18;1-3-19-13(17)5-7-15-9-11-16(12-10-15)8-6-14(18)20-4-2;14-10-11-6-8-13(9-7-11)12-4-2-1-3-5-12;1-7-5-10(4)8(2)6-9(7)3;1-4(2)3/h6,20,24H,3-5,7-19,21-23H2,1-2H3;1-10H,11-16H2;3-12H2,1-2H3;1-5,10-11H,6-9H2;7-8H,5-6H2,1-4H3;1-3H3/b20-6-;;;;;. The number of ether oxygens (including phenoxy) is 2. The number of aldehydes is 1. The number of nitrogens with zero attached hydrogens (tertiary/aromatic N) is 8. The zero-order chi connectivity index (χ0) is 67.1. The number of nitrogens with one attached hydrogen (secondary N) is 1. The Morgan fingerprint density at radius 3 is 1.22 bits per heavy atom. The molecular weight excluding hydrogens is 1140 g/mol. The van der Waals surface area contributed by atoms with Gasteiger partial charge in [-0.3, -0.25) is 19.4 Å². The molecule has 14 heteroatoms. The summed E-state index contributed by atoms with van der Waals surface area (Å²) in [6, 6.07) is 33.4. The summed E-state index contributed by atoms with van der Waals surface area (Å²) in [5, 5.41) is 3.48. The number of piperazine rings is 3. The molecule has 0 aromatic heterocycles. The van der Waals surface area contributed by atoms with Crippen LogP contribution in [0.5, 0.6) is 0 Å². The molecule has 0 amide bonds. The Labute approximate surface area is 564 Å². The number of allylic oxidation sites excluding steroid dienone is 1. The smallest absolute Gasteiger partial charge is 0.307 e. The lowest BCUT2D eigenvalue weighted by Gasteiger charge is -2.40. The highest BCUT2D eigenvalue weighted by Crippen LogP contribution is 2.22. The van der Waals surface area contributed by atoms with Gasteiger partial charge in [0, 0.05) is 135 Å². The van der Waals surface area contributed by atoms with Gasteiger partial charge in [-0.25, -0.2) is 0 Å². The molecule has 2 atom stereocenters. The van der Waals surface area contributed by atoms with Crippen molar-refractivity contribution in [1.29, 1.82) is 0 Å². The Bertz CT molecular complexity index is 2060. The third-order valence-electron chi connectivity index (χ3n) is 17.6. The van der Waals surface area contributed by atoms with E-state index in [9.17, 15) is 14.4 Å². The molecule has 0 aliphatic carbocycles. The summed E-state index contributed by atoms with van der Waals surface area (Å²) in [5.41, 5.74) is 4.12. The van der Waals surface area contributed by atoms with Crippen LogP contribution < -0.4 is 10.2 Å². The van der Waals surface area contributed by atoms with Gasteiger partial charge in [-0.05, 0) is 118 Å². The van der Waals surface area contributed by atoms with Crippen LogP contribution in [-0.2, 0) is 36.9 Å². The average molecular weight is 1280 g/mol. The summed E-state index contributed by atoms with van der Waals surface area (Å²) in [7, 11) is 10.4. The number of rotatable bonds is 34. The molecule has 4 fully saturated rings. The topological polar surface area (TPSA) is 108 Å². The predicted molar refractivity (Wildman–Crippen MR) is 392 cm³/mol. The van der Waals surface area contributed by atoms with Crippen LogP contribution in [0.15, 0.2) is 103 Å². The van der Waals surface area contributed by atoms with Crippen LogP contribution in [0, 0.1) is 5.92 Å². The minimum atomic E-state index is -0.128. The number of carbonyl (C=O) groups excluding carboxylic acids is 3. The van der Waals surface area contributed by atoms with Gasteiger partial charge in [0.05, 0.1) is 26.1 Å². The van der Waals surface area contributed by atoms with Crippen LogP contribution in [-0.4, -0.2) is 218 Å². The molecular formula is C78H137N9O5. The van der Waals surface area contributed by atoms with Gasteiger partial charge in [0.25, 0.3) is 0 Å². The monoisotopic (exact) mass is 1280 g/mol. The second-order valence-corrected chi connectivity index (χ2v) is 26.4. The predicted octanol–water partition coefficient (Wildman–Crippen LogP) is 14.2. The molecule has 0 radical (unpaired) electrons. The molecule has 1 N–H and O–H groups in total. The molecule has 0 bridgehead atoms. The number of benzene rings is 3. The van der Waals surface area contributed by atoms with Crippen molar-refractivity contribution < 1.29 is 23.9 Å². The molecule has 14 nitrogen and oxygen atoms in total.